The van der Waals surface area contributed by atoms with Crippen molar-refractivity contribution in [1.29, 1.82) is 0 Å². The second-order valence-corrected chi connectivity index (χ2v) is 8.21. The topological polar surface area (TPSA) is 34.2 Å². The van der Waals surface area contributed by atoms with Gasteiger partial charge < -0.3 is 19.1 Å². The summed E-state index contributed by atoms with van der Waals surface area (Å²) >= 11 is 0. The van der Waals surface area contributed by atoms with Gasteiger partial charge in [0.2, 0.25) is 0 Å². The molecule has 5 nitrogen and oxygen atoms in total. The molecule has 2 aliphatic rings. The van der Waals surface area contributed by atoms with Gasteiger partial charge in [-0.2, -0.15) is 0 Å². The zero-order chi connectivity index (χ0) is 18.6. The van der Waals surface area contributed by atoms with Crippen LogP contribution in [0, 0.1) is 5.92 Å². The molecule has 2 saturated heterocycles. The molecule has 5 heteroatoms. The molecule has 0 bridgehead atoms. The van der Waals surface area contributed by atoms with E-state index in [1.54, 1.807) is 7.11 Å². The second kappa shape index (κ2) is 8.70. The lowest BCUT2D eigenvalue weighted by molar-refractivity contribution is -0.0563. The Kier molecular flexibility index (Phi) is 6.56. The summed E-state index contributed by atoms with van der Waals surface area (Å²) in [5.74, 6) is 1.49. The molecule has 0 unspecified atom stereocenters. The van der Waals surface area contributed by atoms with E-state index in [2.05, 4.69) is 42.8 Å². The van der Waals surface area contributed by atoms with Gasteiger partial charge in [-0.1, -0.05) is 12.1 Å². The molecule has 26 heavy (non-hydrogen) atoms. The van der Waals surface area contributed by atoms with Crippen molar-refractivity contribution in [2.75, 3.05) is 53.6 Å². The summed E-state index contributed by atoms with van der Waals surface area (Å²) in [6, 6.07) is 8.93. The number of rotatable bonds is 6. The molecule has 146 valence electrons. The van der Waals surface area contributed by atoms with Gasteiger partial charge in [-0.15, -0.1) is 0 Å². The van der Waals surface area contributed by atoms with Gasteiger partial charge in [-0.3, -0.25) is 4.90 Å². The van der Waals surface area contributed by atoms with Gasteiger partial charge in [0.15, 0.2) is 0 Å². The molecule has 0 amide bonds. The fourth-order valence-corrected chi connectivity index (χ4v) is 3.99. The molecule has 1 spiro atoms. The van der Waals surface area contributed by atoms with E-state index in [1.807, 2.05) is 12.1 Å². The van der Waals surface area contributed by atoms with Crippen molar-refractivity contribution in [2.45, 2.75) is 38.5 Å². The molecule has 0 saturated carbocycles. The minimum Gasteiger partial charge on any atom is -0.497 e. The van der Waals surface area contributed by atoms with Gasteiger partial charge in [0, 0.05) is 32.2 Å². The van der Waals surface area contributed by atoms with Gasteiger partial charge in [0.25, 0.3) is 0 Å². The maximum atomic E-state index is 6.35. The summed E-state index contributed by atoms with van der Waals surface area (Å²) in [6.07, 6.45) is 1.09. The van der Waals surface area contributed by atoms with Crippen molar-refractivity contribution in [3.8, 4) is 5.75 Å². The standard InChI is InChI=1S/C21H34N2O3/c1-17(2)22(3)12-19-11-21(26-14-19)15-23(9-10-25-16-21)13-18-5-7-20(24-4)8-6-18/h5-8,17,19H,9-16H2,1-4H3/t19-,21+/m1/s1. The normalized spacial score (nSPS) is 27.4. The first-order valence-electron chi connectivity index (χ1n) is 9.77. The quantitative estimate of drug-likeness (QED) is 0.777. The van der Waals surface area contributed by atoms with E-state index in [0.717, 1.165) is 51.6 Å². The monoisotopic (exact) mass is 362 g/mol. The minimum atomic E-state index is -0.147. The summed E-state index contributed by atoms with van der Waals surface area (Å²) < 4.78 is 17.5. The molecule has 2 heterocycles. The van der Waals surface area contributed by atoms with Crippen LogP contribution in [0.1, 0.15) is 25.8 Å². The van der Waals surface area contributed by atoms with Crippen LogP contribution in [0.2, 0.25) is 0 Å². The predicted molar refractivity (Wildman–Crippen MR) is 104 cm³/mol. The summed E-state index contributed by atoms with van der Waals surface area (Å²) in [5.41, 5.74) is 1.16. The third kappa shape index (κ3) is 4.97. The highest BCUT2D eigenvalue weighted by Gasteiger charge is 2.43. The minimum absolute atomic E-state index is 0.147. The third-order valence-electron chi connectivity index (χ3n) is 5.71. The molecule has 2 aliphatic heterocycles. The van der Waals surface area contributed by atoms with Crippen molar-refractivity contribution in [3.63, 3.8) is 0 Å². The van der Waals surface area contributed by atoms with E-state index < -0.39 is 0 Å². The predicted octanol–water partition coefficient (Wildman–Crippen LogP) is 2.64. The Morgan fingerprint density at radius 3 is 2.77 bits per heavy atom. The van der Waals surface area contributed by atoms with E-state index in [9.17, 15) is 0 Å². The average Bonchev–Trinajstić information content (AvgIpc) is 2.90. The van der Waals surface area contributed by atoms with Crippen LogP contribution < -0.4 is 4.74 Å². The highest BCUT2D eigenvalue weighted by Crippen LogP contribution is 2.33. The lowest BCUT2D eigenvalue weighted by Crippen LogP contribution is -2.44. The maximum absolute atomic E-state index is 6.35. The van der Waals surface area contributed by atoms with Crippen molar-refractivity contribution in [1.82, 2.24) is 9.80 Å². The van der Waals surface area contributed by atoms with Crippen LogP contribution in [0.15, 0.2) is 24.3 Å². The Labute approximate surface area is 158 Å². The summed E-state index contributed by atoms with van der Waals surface area (Å²) in [6.45, 7) is 10.7. The molecule has 3 rings (SSSR count). The molecular formula is C21H34N2O3. The van der Waals surface area contributed by atoms with E-state index >= 15 is 0 Å². The maximum Gasteiger partial charge on any atom is 0.118 e. The second-order valence-electron chi connectivity index (χ2n) is 8.21. The Bertz CT molecular complexity index is 563. The van der Waals surface area contributed by atoms with Crippen LogP contribution in [-0.2, 0) is 16.0 Å². The van der Waals surface area contributed by atoms with Gasteiger partial charge in [-0.05, 0) is 50.9 Å². The van der Waals surface area contributed by atoms with Crippen LogP contribution in [0.3, 0.4) is 0 Å². The highest BCUT2D eigenvalue weighted by atomic mass is 16.5. The Balaban J connectivity index is 1.60. The Hall–Kier alpha value is -1.14. The number of hydrogen-bond donors (Lipinski definition) is 0. The van der Waals surface area contributed by atoms with E-state index in [1.165, 1.54) is 5.56 Å². The van der Waals surface area contributed by atoms with Crippen LogP contribution in [0.4, 0.5) is 0 Å². The van der Waals surface area contributed by atoms with Crippen LogP contribution >= 0.6 is 0 Å². The highest BCUT2D eigenvalue weighted by molar-refractivity contribution is 5.27. The largest absolute Gasteiger partial charge is 0.497 e. The lowest BCUT2D eigenvalue weighted by atomic mass is 9.93. The third-order valence-corrected chi connectivity index (χ3v) is 5.71. The van der Waals surface area contributed by atoms with E-state index in [4.69, 9.17) is 14.2 Å². The zero-order valence-corrected chi connectivity index (χ0v) is 16.7. The summed E-state index contributed by atoms with van der Waals surface area (Å²) in [4.78, 5) is 4.89. The van der Waals surface area contributed by atoms with Gasteiger partial charge >= 0.3 is 0 Å². The zero-order valence-electron chi connectivity index (χ0n) is 16.7. The summed E-state index contributed by atoms with van der Waals surface area (Å²) in [7, 11) is 3.91. The summed E-state index contributed by atoms with van der Waals surface area (Å²) in [5, 5.41) is 0. The van der Waals surface area contributed by atoms with Crippen molar-refractivity contribution < 1.29 is 14.2 Å². The van der Waals surface area contributed by atoms with Crippen LogP contribution in [0.25, 0.3) is 0 Å². The van der Waals surface area contributed by atoms with Crippen molar-refractivity contribution in [2.24, 2.45) is 5.92 Å². The number of ether oxygens (including phenoxy) is 3. The van der Waals surface area contributed by atoms with E-state index in [-0.39, 0.29) is 5.60 Å². The first-order valence-corrected chi connectivity index (χ1v) is 9.77. The number of nitrogens with zero attached hydrogens (tertiary/aromatic N) is 2. The molecule has 0 radical (unpaired) electrons. The Morgan fingerprint density at radius 2 is 2.08 bits per heavy atom. The molecule has 0 aromatic heterocycles. The first-order chi connectivity index (χ1) is 12.5. The average molecular weight is 363 g/mol. The number of hydrogen-bond acceptors (Lipinski definition) is 5. The van der Waals surface area contributed by atoms with Crippen molar-refractivity contribution >= 4 is 0 Å². The van der Waals surface area contributed by atoms with Gasteiger partial charge in [0.1, 0.15) is 11.4 Å². The SMILES string of the molecule is COc1ccc(CN2CCOC[C@]3(C[C@H](CN(C)C(C)C)CO3)C2)cc1. The van der Waals surface area contributed by atoms with Crippen molar-refractivity contribution in [3.05, 3.63) is 29.8 Å². The first kappa shape index (κ1) is 19.6. The molecule has 2 atom stereocenters. The van der Waals surface area contributed by atoms with Crippen LogP contribution in [-0.4, -0.2) is 75.1 Å². The molecule has 0 aliphatic carbocycles. The fourth-order valence-electron chi connectivity index (χ4n) is 3.99. The smallest absolute Gasteiger partial charge is 0.118 e. The number of methoxy groups -OCH3 is 1. The molecular weight excluding hydrogens is 328 g/mol. The van der Waals surface area contributed by atoms with Crippen LogP contribution in [0.5, 0.6) is 5.75 Å². The molecule has 1 aromatic rings. The number of benzene rings is 1. The molecule has 2 fully saturated rings. The fraction of sp³-hybridized carbons (Fsp3) is 0.714. The van der Waals surface area contributed by atoms with E-state index in [0.29, 0.717) is 18.6 Å². The van der Waals surface area contributed by atoms with Gasteiger partial charge in [-0.25, -0.2) is 0 Å². The molecule has 1 aromatic carbocycles. The molecule has 0 N–H and O–H groups in total. The Morgan fingerprint density at radius 1 is 1.31 bits per heavy atom. The lowest BCUT2D eigenvalue weighted by Gasteiger charge is -2.31. The van der Waals surface area contributed by atoms with Gasteiger partial charge in [0.05, 0.1) is 26.9 Å².